The second-order valence-electron chi connectivity index (χ2n) is 17.8. The molecule has 0 unspecified atom stereocenters. The zero-order chi connectivity index (χ0) is 40.6. The monoisotopic (exact) mass is 772 g/mol. The summed E-state index contributed by atoms with van der Waals surface area (Å²) in [5.41, 5.74) is 9.16. The van der Waals surface area contributed by atoms with E-state index in [-0.39, 0.29) is 16.2 Å². The zero-order valence-corrected chi connectivity index (χ0v) is 35.0. The molecule has 1 saturated carbocycles. The Labute approximate surface area is 342 Å². The third-order valence-corrected chi connectivity index (χ3v) is 12.8. The summed E-state index contributed by atoms with van der Waals surface area (Å²) in [4.78, 5) is 0. The molecule has 9 rings (SSSR count). The average molecular weight is 773 g/mol. The lowest BCUT2D eigenvalue weighted by atomic mass is 9.52. The van der Waals surface area contributed by atoms with Crippen LogP contribution in [-0.4, -0.2) is 35.5 Å². The summed E-state index contributed by atoms with van der Waals surface area (Å²) < 4.78 is 37.0. The van der Waals surface area contributed by atoms with E-state index < -0.39 is 5.60 Å². The predicted molar refractivity (Wildman–Crippen MR) is 233 cm³/mol. The smallest absolute Gasteiger partial charge is 0.178 e. The van der Waals surface area contributed by atoms with E-state index in [0.29, 0.717) is 11.5 Å². The largest absolute Gasteiger partial charge is 0.497 e. The highest BCUT2D eigenvalue weighted by Gasteiger charge is 2.55. The van der Waals surface area contributed by atoms with Gasteiger partial charge < -0.3 is 28.4 Å². The minimum absolute atomic E-state index is 0.0972. The van der Waals surface area contributed by atoms with Gasteiger partial charge in [-0.2, -0.15) is 0 Å². The van der Waals surface area contributed by atoms with E-state index in [9.17, 15) is 0 Å². The number of ether oxygens (including phenoxy) is 6. The Morgan fingerprint density at radius 3 is 1.67 bits per heavy atom. The van der Waals surface area contributed by atoms with Gasteiger partial charge in [0.2, 0.25) is 0 Å². The molecule has 2 aliphatic carbocycles. The van der Waals surface area contributed by atoms with Crippen LogP contribution >= 0.6 is 0 Å². The fourth-order valence-corrected chi connectivity index (χ4v) is 11.2. The third kappa shape index (κ3) is 5.74. The van der Waals surface area contributed by atoms with E-state index in [1.54, 1.807) is 35.5 Å². The van der Waals surface area contributed by atoms with Crippen molar-refractivity contribution in [3.05, 3.63) is 137 Å². The lowest BCUT2D eigenvalue weighted by Gasteiger charge is -2.52. The maximum atomic E-state index is 7.81. The molecule has 0 atom stereocenters. The molecule has 58 heavy (non-hydrogen) atoms. The lowest BCUT2D eigenvalue weighted by Crippen LogP contribution is -2.44. The van der Waals surface area contributed by atoms with Gasteiger partial charge in [-0.15, -0.1) is 0 Å². The van der Waals surface area contributed by atoms with Crippen LogP contribution in [0.4, 0.5) is 0 Å². The molecule has 6 aromatic rings. The van der Waals surface area contributed by atoms with Crippen molar-refractivity contribution in [1.29, 1.82) is 0 Å². The molecular weight excluding hydrogens is 721 g/mol. The Morgan fingerprint density at radius 2 is 1.09 bits per heavy atom. The van der Waals surface area contributed by atoms with E-state index in [1.165, 1.54) is 22.3 Å². The molecule has 0 amide bonds. The molecule has 0 N–H and O–H groups in total. The molecule has 1 fully saturated rings. The summed E-state index contributed by atoms with van der Waals surface area (Å²) in [5.74, 6) is 4.56. The Bertz CT molecular complexity index is 2530. The van der Waals surface area contributed by atoms with Gasteiger partial charge in [-0.05, 0) is 112 Å². The first-order valence-corrected chi connectivity index (χ1v) is 20.1. The summed E-state index contributed by atoms with van der Waals surface area (Å²) in [6.07, 6.45) is 7.82. The van der Waals surface area contributed by atoms with Crippen LogP contribution in [0.5, 0.6) is 34.5 Å². The van der Waals surface area contributed by atoms with Crippen LogP contribution in [0.15, 0.2) is 109 Å². The van der Waals surface area contributed by atoms with E-state index >= 15 is 0 Å². The van der Waals surface area contributed by atoms with Gasteiger partial charge in [0.15, 0.2) is 5.60 Å². The molecule has 0 aromatic heterocycles. The first kappa shape index (κ1) is 37.7. The van der Waals surface area contributed by atoms with Crippen LogP contribution < -0.4 is 28.4 Å². The number of methoxy groups -OCH3 is 5. The first-order valence-electron chi connectivity index (χ1n) is 20.1. The molecule has 1 heterocycles. The molecule has 6 aromatic carbocycles. The van der Waals surface area contributed by atoms with Gasteiger partial charge in [0.05, 0.1) is 35.5 Å². The predicted octanol–water partition coefficient (Wildman–Crippen LogP) is 12.4. The molecule has 6 nitrogen and oxygen atoms in total. The van der Waals surface area contributed by atoms with Gasteiger partial charge >= 0.3 is 0 Å². The molecule has 0 radical (unpaired) electrons. The van der Waals surface area contributed by atoms with Crippen LogP contribution in [0.1, 0.15) is 74.8 Å². The van der Waals surface area contributed by atoms with Crippen LogP contribution in [0, 0.1) is 10.8 Å². The van der Waals surface area contributed by atoms with Crippen molar-refractivity contribution < 1.29 is 28.4 Å². The molecular formula is C52H52O6. The van der Waals surface area contributed by atoms with E-state index in [0.717, 1.165) is 80.9 Å². The quantitative estimate of drug-likeness (QED) is 0.154. The summed E-state index contributed by atoms with van der Waals surface area (Å²) in [7, 11) is 8.49. The lowest BCUT2D eigenvalue weighted by molar-refractivity contribution is 0.0642. The Balaban J connectivity index is 1.42. The molecule has 0 bridgehead atoms. The molecule has 0 saturated heterocycles. The van der Waals surface area contributed by atoms with E-state index in [1.807, 2.05) is 42.5 Å². The summed E-state index contributed by atoms with van der Waals surface area (Å²) in [6.45, 7) is 9.80. The fourth-order valence-electron chi connectivity index (χ4n) is 11.2. The second kappa shape index (κ2) is 13.6. The number of hydrogen-bond donors (Lipinski definition) is 0. The number of fused-ring (bicyclic) bond motifs is 10. The average Bonchev–Trinajstić information content (AvgIpc) is 3.49. The van der Waals surface area contributed by atoms with Crippen molar-refractivity contribution in [2.24, 2.45) is 10.8 Å². The Hall–Kier alpha value is -5.88. The topological polar surface area (TPSA) is 55.4 Å². The van der Waals surface area contributed by atoms with E-state index in [2.05, 4.69) is 101 Å². The van der Waals surface area contributed by atoms with Gasteiger partial charge in [0, 0.05) is 44.7 Å². The first-order chi connectivity index (χ1) is 27.9. The maximum absolute atomic E-state index is 7.81. The van der Waals surface area contributed by atoms with Crippen molar-refractivity contribution in [2.45, 2.75) is 58.0 Å². The standard InChI is InChI=1S/C52H52O6/c1-49(2)29-50(3,4)31-51(30-49)43-13-11-10-12-38(43)46-41-28-45(57-9)40(37-23-22-36(55-7)26-44(37)56-8)27-42(41)48-39(47(46)51)24-25-52(58-48,32-14-18-34(53-5)19-15-32)33-16-20-35(54-6)21-17-33/h10-28H,29-31H2,1-9H3. The van der Waals surface area contributed by atoms with Crippen molar-refractivity contribution in [3.8, 4) is 56.8 Å². The minimum Gasteiger partial charge on any atom is -0.497 e. The highest BCUT2D eigenvalue weighted by molar-refractivity contribution is 6.11. The Morgan fingerprint density at radius 1 is 0.517 bits per heavy atom. The van der Waals surface area contributed by atoms with Crippen molar-refractivity contribution in [3.63, 3.8) is 0 Å². The fraction of sp³-hybridized carbons (Fsp3) is 0.308. The van der Waals surface area contributed by atoms with Crippen molar-refractivity contribution >= 4 is 16.8 Å². The molecule has 1 spiro atoms. The number of benzene rings is 6. The maximum Gasteiger partial charge on any atom is 0.178 e. The van der Waals surface area contributed by atoms with Crippen LogP contribution in [0.3, 0.4) is 0 Å². The van der Waals surface area contributed by atoms with Crippen LogP contribution in [0.25, 0.3) is 39.1 Å². The SMILES string of the molecule is COc1ccc(C2(c3ccc(OC)cc3)C=Cc3c4c(c5cc(OC)c(-c6ccc(OC)cc6OC)cc5c3O2)-c2ccccc2C42CC(C)(C)CC(C)(C)C2)cc1. The minimum atomic E-state index is -0.978. The summed E-state index contributed by atoms with van der Waals surface area (Å²) in [5, 5.41) is 2.10. The van der Waals surface area contributed by atoms with Gasteiger partial charge in [-0.3, -0.25) is 0 Å². The zero-order valence-electron chi connectivity index (χ0n) is 35.0. The molecule has 3 aliphatic rings. The van der Waals surface area contributed by atoms with E-state index in [4.69, 9.17) is 28.4 Å². The van der Waals surface area contributed by atoms with Crippen molar-refractivity contribution in [1.82, 2.24) is 0 Å². The van der Waals surface area contributed by atoms with Gasteiger partial charge in [-0.1, -0.05) is 82.3 Å². The summed E-state index contributed by atoms with van der Waals surface area (Å²) >= 11 is 0. The van der Waals surface area contributed by atoms with Gasteiger partial charge in [0.25, 0.3) is 0 Å². The van der Waals surface area contributed by atoms with Gasteiger partial charge in [0.1, 0.15) is 34.5 Å². The Kier molecular flexibility index (Phi) is 8.85. The molecule has 1 aliphatic heterocycles. The van der Waals surface area contributed by atoms with Gasteiger partial charge in [-0.25, -0.2) is 0 Å². The normalized spacial score (nSPS) is 17.5. The van der Waals surface area contributed by atoms with Crippen molar-refractivity contribution in [2.75, 3.05) is 35.5 Å². The number of hydrogen-bond acceptors (Lipinski definition) is 6. The highest BCUT2D eigenvalue weighted by atomic mass is 16.5. The second-order valence-corrected chi connectivity index (χ2v) is 17.8. The highest BCUT2D eigenvalue weighted by Crippen LogP contribution is 2.67. The van der Waals surface area contributed by atoms with Crippen LogP contribution in [0.2, 0.25) is 0 Å². The molecule has 296 valence electrons. The number of rotatable bonds is 8. The van der Waals surface area contributed by atoms with Crippen LogP contribution in [-0.2, 0) is 11.0 Å². The third-order valence-electron chi connectivity index (χ3n) is 12.8. The molecule has 6 heteroatoms. The summed E-state index contributed by atoms with van der Waals surface area (Å²) in [6, 6.07) is 35.9.